The first-order valence-electron chi connectivity index (χ1n) is 11.9. The van der Waals surface area contributed by atoms with E-state index in [0.717, 1.165) is 17.7 Å². The van der Waals surface area contributed by atoms with Gasteiger partial charge in [-0.3, -0.25) is 4.79 Å². The largest absolute Gasteiger partial charge is 0.416 e. The Morgan fingerprint density at radius 1 is 1.13 bits per heavy atom. The Balaban J connectivity index is 1.35. The summed E-state index contributed by atoms with van der Waals surface area (Å²) in [6, 6.07) is 9.81. The van der Waals surface area contributed by atoms with Gasteiger partial charge in [-0.15, -0.1) is 0 Å². The maximum Gasteiger partial charge on any atom is 0.416 e. The van der Waals surface area contributed by atoms with Crippen molar-refractivity contribution in [3.8, 4) is 0 Å². The summed E-state index contributed by atoms with van der Waals surface area (Å²) < 4.78 is 52.6. The molecule has 0 unspecified atom stereocenters. The molecule has 4 aromatic rings. The number of hydrogen-bond acceptors (Lipinski definition) is 7. The second kappa shape index (κ2) is 10.2. The summed E-state index contributed by atoms with van der Waals surface area (Å²) >= 11 is 0. The van der Waals surface area contributed by atoms with Crippen LogP contribution >= 0.6 is 0 Å². The summed E-state index contributed by atoms with van der Waals surface area (Å²) in [5, 5.41) is 5.86. The predicted molar refractivity (Wildman–Crippen MR) is 134 cm³/mol. The third kappa shape index (κ3) is 5.48. The molecule has 1 saturated heterocycles. The monoisotopic (exact) mass is 525 g/mol. The highest BCUT2D eigenvalue weighted by atomic mass is 19.4. The Morgan fingerprint density at radius 3 is 2.74 bits per heavy atom. The minimum Gasteiger partial charge on any atom is -0.348 e. The lowest BCUT2D eigenvalue weighted by atomic mass is 10.1. The van der Waals surface area contributed by atoms with Gasteiger partial charge in [0.2, 0.25) is 5.95 Å². The molecule has 1 aliphatic heterocycles. The first kappa shape index (κ1) is 25.3. The highest BCUT2D eigenvalue weighted by Crippen LogP contribution is 2.30. The van der Waals surface area contributed by atoms with Crippen molar-refractivity contribution in [3.63, 3.8) is 0 Å². The number of nitrogens with zero attached hydrogens (tertiary/aromatic N) is 5. The SMILES string of the molecule is Cc1ccc(C(=O)NCc2cccc(C(F)(F)F)c2)cc1Nc1ncnc2cnc(N3CC[C@@H](F)C3)nc12. The molecule has 0 saturated carbocycles. The zero-order valence-electron chi connectivity index (χ0n) is 20.3. The average molecular weight is 526 g/mol. The van der Waals surface area contributed by atoms with Crippen LogP contribution < -0.4 is 15.5 Å². The fourth-order valence-electron chi connectivity index (χ4n) is 4.16. The molecule has 0 radical (unpaired) electrons. The lowest BCUT2D eigenvalue weighted by molar-refractivity contribution is -0.137. The number of carbonyl (C=O) groups excluding carboxylic acids is 1. The van der Waals surface area contributed by atoms with Crippen LogP contribution in [0.1, 0.15) is 33.5 Å². The highest BCUT2D eigenvalue weighted by molar-refractivity contribution is 5.96. The summed E-state index contributed by atoms with van der Waals surface area (Å²) in [4.78, 5) is 31.9. The molecular formula is C26H23F4N7O. The summed E-state index contributed by atoms with van der Waals surface area (Å²) in [6.07, 6.45) is -2.05. The summed E-state index contributed by atoms with van der Waals surface area (Å²) in [5.41, 5.74) is 2.21. The molecule has 0 aliphatic carbocycles. The fourth-order valence-corrected chi connectivity index (χ4v) is 4.16. The van der Waals surface area contributed by atoms with Crippen molar-refractivity contribution in [1.29, 1.82) is 0 Å². The van der Waals surface area contributed by atoms with Gasteiger partial charge in [0, 0.05) is 24.3 Å². The topological polar surface area (TPSA) is 95.9 Å². The summed E-state index contributed by atoms with van der Waals surface area (Å²) in [5.74, 6) is 0.326. The minimum atomic E-state index is -4.46. The van der Waals surface area contributed by atoms with Gasteiger partial charge in [0.05, 0.1) is 18.3 Å². The number of rotatable bonds is 6. The number of halogens is 4. The van der Waals surface area contributed by atoms with Gasteiger partial charge in [0.15, 0.2) is 5.82 Å². The van der Waals surface area contributed by atoms with Crippen molar-refractivity contribution >= 4 is 34.4 Å². The number of aromatic nitrogens is 4. The van der Waals surface area contributed by atoms with E-state index in [0.29, 0.717) is 52.6 Å². The van der Waals surface area contributed by atoms with Crippen LogP contribution in [0.2, 0.25) is 0 Å². The molecule has 2 aromatic carbocycles. The fraction of sp³-hybridized carbons (Fsp3) is 0.269. The van der Waals surface area contributed by atoms with Gasteiger partial charge in [-0.1, -0.05) is 18.2 Å². The number of amides is 1. The molecule has 1 amide bonds. The van der Waals surface area contributed by atoms with Crippen LogP contribution in [0, 0.1) is 6.92 Å². The summed E-state index contributed by atoms with van der Waals surface area (Å²) in [6.45, 7) is 2.52. The smallest absolute Gasteiger partial charge is 0.348 e. The number of aryl methyl sites for hydroxylation is 1. The molecule has 1 atom stereocenters. The number of anilines is 3. The van der Waals surface area contributed by atoms with Crippen LogP contribution in [0.3, 0.4) is 0 Å². The Bertz CT molecular complexity index is 1490. The number of nitrogens with one attached hydrogen (secondary N) is 2. The third-order valence-electron chi connectivity index (χ3n) is 6.24. The van der Waals surface area contributed by atoms with E-state index in [2.05, 4.69) is 30.6 Å². The Morgan fingerprint density at radius 2 is 1.97 bits per heavy atom. The molecule has 196 valence electrons. The van der Waals surface area contributed by atoms with Gasteiger partial charge in [0.25, 0.3) is 5.91 Å². The number of alkyl halides is 4. The third-order valence-corrected chi connectivity index (χ3v) is 6.24. The van der Waals surface area contributed by atoms with Crippen LogP contribution in [0.15, 0.2) is 55.0 Å². The van der Waals surface area contributed by atoms with Crippen molar-refractivity contribution in [3.05, 3.63) is 77.2 Å². The molecule has 0 bridgehead atoms. The van der Waals surface area contributed by atoms with Crippen LogP contribution in [0.4, 0.5) is 35.0 Å². The van der Waals surface area contributed by atoms with E-state index in [1.165, 1.54) is 18.5 Å². The molecule has 5 rings (SSSR count). The molecule has 0 spiro atoms. The number of carbonyl (C=O) groups is 1. The second-order valence-electron chi connectivity index (χ2n) is 8.99. The van der Waals surface area contributed by atoms with Gasteiger partial charge in [-0.25, -0.2) is 24.3 Å². The molecule has 8 nitrogen and oxygen atoms in total. The summed E-state index contributed by atoms with van der Waals surface area (Å²) in [7, 11) is 0. The Hall–Kier alpha value is -4.35. The maximum absolute atomic E-state index is 13.7. The van der Waals surface area contributed by atoms with Gasteiger partial charge in [0.1, 0.15) is 23.5 Å². The van der Waals surface area contributed by atoms with E-state index >= 15 is 0 Å². The maximum atomic E-state index is 13.7. The molecule has 1 fully saturated rings. The van der Waals surface area contributed by atoms with Crippen molar-refractivity contribution in [2.75, 3.05) is 23.3 Å². The normalized spacial score (nSPS) is 15.6. The quantitative estimate of drug-likeness (QED) is 0.343. The molecule has 3 heterocycles. The molecule has 1 aliphatic rings. The molecule has 38 heavy (non-hydrogen) atoms. The lowest BCUT2D eigenvalue weighted by Gasteiger charge is -2.16. The number of hydrogen-bond donors (Lipinski definition) is 2. The molecule has 12 heteroatoms. The van der Waals surface area contributed by atoms with Gasteiger partial charge in [-0.05, 0) is 48.7 Å². The zero-order valence-corrected chi connectivity index (χ0v) is 20.3. The Kier molecular flexibility index (Phi) is 6.79. The lowest BCUT2D eigenvalue weighted by Crippen LogP contribution is -2.23. The van der Waals surface area contributed by atoms with Crippen molar-refractivity contribution < 1.29 is 22.4 Å². The van der Waals surface area contributed by atoms with Crippen LogP contribution in [-0.4, -0.2) is 45.1 Å². The van der Waals surface area contributed by atoms with Gasteiger partial charge >= 0.3 is 6.18 Å². The van der Waals surface area contributed by atoms with Gasteiger partial charge < -0.3 is 15.5 Å². The van der Waals surface area contributed by atoms with Crippen LogP contribution in [0.25, 0.3) is 11.0 Å². The van der Waals surface area contributed by atoms with E-state index in [1.54, 1.807) is 29.3 Å². The first-order chi connectivity index (χ1) is 18.2. The van der Waals surface area contributed by atoms with E-state index in [9.17, 15) is 22.4 Å². The number of fused-ring (bicyclic) bond motifs is 1. The first-order valence-corrected chi connectivity index (χ1v) is 11.9. The molecular weight excluding hydrogens is 502 g/mol. The van der Waals surface area contributed by atoms with Crippen molar-refractivity contribution in [2.45, 2.75) is 32.2 Å². The molecule has 2 aromatic heterocycles. The van der Waals surface area contributed by atoms with Gasteiger partial charge in [-0.2, -0.15) is 13.2 Å². The minimum absolute atomic E-state index is 0.0636. The van der Waals surface area contributed by atoms with E-state index < -0.39 is 23.8 Å². The second-order valence-corrected chi connectivity index (χ2v) is 8.99. The van der Waals surface area contributed by atoms with E-state index in [4.69, 9.17) is 0 Å². The number of benzene rings is 2. The van der Waals surface area contributed by atoms with Crippen LogP contribution in [0.5, 0.6) is 0 Å². The molecule has 2 N–H and O–H groups in total. The standard InChI is InChI=1S/C26H23F4N7O/c1-15-5-6-17(24(38)31-11-16-3-2-4-18(9-16)26(28,29)30)10-20(15)35-23-22-21(33-14-34-23)12-32-25(36-22)37-8-7-19(27)13-37/h2-6,9-10,12,14,19H,7-8,11,13H2,1H3,(H,31,38)(H,33,34,35)/t19-/m1/s1. The van der Waals surface area contributed by atoms with E-state index in [1.807, 2.05) is 6.92 Å². The average Bonchev–Trinajstić information content (AvgIpc) is 3.34. The highest BCUT2D eigenvalue weighted by Gasteiger charge is 2.30. The van der Waals surface area contributed by atoms with Crippen molar-refractivity contribution in [2.24, 2.45) is 0 Å². The zero-order chi connectivity index (χ0) is 26.9. The van der Waals surface area contributed by atoms with E-state index in [-0.39, 0.29) is 13.1 Å². The predicted octanol–water partition coefficient (Wildman–Crippen LogP) is 4.97. The van der Waals surface area contributed by atoms with Crippen molar-refractivity contribution in [1.82, 2.24) is 25.3 Å². The van der Waals surface area contributed by atoms with Crippen LogP contribution in [-0.2, 0) is 12.7 Å². The Labute approximate surface area is 215 Å².